The van der Waals surface area contributed by atoms with Gasteiger partial charge in [-0.05, 0) is 30.7 Å². The zero-order valence-corrected chi connectivity index (χ0v) is 12.9. The summed E-state index contributed by atoms with van der Waals surface area (Å²) in [6.07, 6.45) is 1.04. The molecule has 0 saturated carbocycles. The van der Waals surface area contributed by atoms with E-state index in [1.807, 2.05) is 18.2 Å². The van der Waals surface area contributed by atoms with E-state index < -0.39 is 0 Å². The smallest absolute Gasteiger partial charge is 0.172 e. The first-order chi connectivity index (χ1) is 10.2. The molecule has 1 saturated heterocycles. The normalized spacial score (nSPS) is 19.4. The van der Waals surface area contributed by atoms with E-state index in [2.05, 4.69) is 22.4 Å². The van der Waals surface area contributed by atoms with E-state index in [-0.39, 0.29) is 6.10 Å². The summed E-state index contributed by atoms with van der Waals surface area (Å²) < 4.78 is 6.18. The van der Waals surface area contributed by atoms with Gasteiger partial charge in [-0.25, -0.2) is 4.98 Å². The number of ether oxygens (including phenoxy) is 1. The predicted molar refractivity (Wildman–Crippen MR) is 85.0 cm³/mol. The molecule has 0 radical (unpaired) electrons. The van der Waals surface area contributed by atoms with Gasteiger partial charge in [-0.15, -0.1) is 0 Å². The van der Waals surface area contributed by atoms with Crippen molar-refractivity contribution in [3.63, 3.8) is 0 Å². The molecule has 2 heterocycles. The zero-order valence-electron chi connectivity index (χ0n) is 11.4. The summed E-state index contributed by atoms with van der Waals surface area (Å²) in [5.74, 6) is 0.987. The molecule has 0 aliphatic carbocycles. The second-order valence-electron chi connectivity index (χ2n) is 5.12. The number of hydrogen-bond acceptors (Lipinski definition) is 3. The van der Waals surface area contributed by atoms with Crippen LogP contribution in [0.3, 0.4) is 0 Å². The van der Waals surface area contributed by atoms with Gasteiger partial charge in [0.05, 0.1) is 0 Å². The number of pyridine rings is 1. The maximum Gasteiger partial charge on any atom is 0.172 e. The molecule has 3 nitrogen and oxygen atoms in total. The monoisotopic (exact) mass is 322 g/mol. The standard InChI is InChI=1S/C16H16Cl2N2O/c17-14-7-6-13(16(18)20-14)21-15(12-8-9-19-10-12)11-4-2-1-3-5-11/h1-7,12,15,19H,8-10H2. The first kappa shape index (κ1) is 14.6. The fourth-order valence-electron chi connectivity index (χ4n) is 2.64. The number of nitrogens with one attached hydrogen (secondary N) is 1. The van der Waals surface area contributed by atoms with Gasteiger partial charge >= 0.3 is 0 Å². The number of aromatic nitrogens is 1. The molecule has 3 rings (SSSR count). The lowest BCUT2D eigenvalue weighted by Gasteiger charge is -2.25. The summed E-state index contributed by atoms with van der Waals surface area (Å²) in [6, 6.07) is 13.7. The topological polar surface area (TPSA) is 34.1 Å². The van der Waals surface area contributed by atoms with Crippen LogP contribution in [0.25, 0.3) is 0 Å². The van der Waals surface area contributed by atoms with Crippen molar-refractivity contribution in [2.45, 2.75) is 12.5 Å². The fourth-order valence-corrected chi connectivity index (χ4v) is 3.03. The van der Waals surface area contributed by atoms with Gasteiger partial charge in [0, 0.05) is 12.5 Å². The van der Waals surface area contributed by atoms with E-state index in [9.17, 15) is 0 Å². The van der Waals surface area contributed by atoms with Crippen LogP contribution in [0.1, 0.15) is 18.1 Å². The quantitative estimate of drug-likeness (QED) is 0.860. The van der Waals surface area contributed by atoms with Gasteiger partial charge in [-0.2, -0.15) is 0 Å². The summed E-state index contributed by atoms with van der Waals surface area (Å²) >= 11 is 12.0. The molecular formula is C16H16Cl2N2O. The number of halogens is 2. The van der Waals surface area contributed by atoms with Crippen molar-refractivity contribution in [3.8, 4) is 5.75 Å². The Morgan fingerprint density at radius 3 is 2.62 bits per heavy atom. The summed E-state index contributed by atoms with van der Waals surface area (Å²) in [6.45, 7) is 1.96. The van der Waals surface area contributed by atoms with Crippen molar-refractivity contribution < 1.29 is 4.74 Å². The highest BCUT2D eigenvalue weighted by Crippen LogP contribution is 2.34. The van der Waals surface area contributed by atoms with Crippen LogP contribution in [0.4, 0.5) is 0 Å². The van der Waals surface area contributed by atoms with E-state index in [1.54, 1.807) is 12.1 Å². The molecule has 0 amide bonds. The van der Waals surface area contributed by atoms with Crippen molar-refractivity contribution in [2.24, 2.45) is 5.92 Å². The van der Waals surface area contributed by atoms with Crippen LogP contribution in [0, 0.1) is 5.92 Å². The first-order valence-electron chi connectivity index (χ1n) is 6.98. The molecule has 5 heteroatoms. The molecular weight excluding hydrogens is 307 g/mol. The van der Waals surface area contributed by atoms with E-state index >= 15 is 0 Å². The average molecular weight is 323 g/mol. The summed E-state index contributed by atoms with van der Waals surface area (Å²) in [5.41, 5.74) is 1.15. The van der Waals surface area contributed by atoms with Crippen LogP contribution in [0.15, 0.2) is 42.5 Å². The maximum atomic E-state index is 6.18. The SMILES string of the molecule is Clc1ccc(OC(c2ccccc2)C2CCNC2)c(Cl)n1. The maximum absolute atomic E-state index is 6.18. The van der Waals surface area contributed by atoms with Crippen LogP contribution in [-0.4, -0.2) is 18.1 Å². The molecule has 1 aromatic heterocycles. The Bertz CT molecular complexity index is 600. The Morgan fingerprint density at radius 2 is 1.95 bits per heavy atom. The molecule has 2 atom stereocenters. The van der Waals surface area contributed by atoms with E-state index in [0.29, 0.717) is 22.0 Å². The Balaban J connectivity index is 1.88. The minimum atomic E-state index is -0.0401. The van der Waals surface area contributed by atoms with Gasteiger partial charge in [0.1, 0.15) is 11.3 Å². The Kier molecular flexibility index (Phi) is 4.63. The van der Waals surface area contributed by atoms with Crippen LogP contribution in [-0.2, 0) is 0 Å². The first-order valence-corrected chi connectivity index (χ1v) is 7.74. The lowest BCUT2D eigenvalue weighted by molar-refractivity contribution is 0.144. The van der Waals surface area contributed by atoms with Crippen molar-refractivity contribution in [1.82, 2.24) is 10.3 Å². The molecule has 1 aliphatic heterocycles. The van der Waals surface area contributed by atoms with Gasteiger partial charge in [0.2, 0.25) is 0 Å². The van der Waals surface area contributed by atoms with Crippen LogP contribution >= 0.6 is 23.2 Å². The van der Waals surface area contributed by atoms with Crippen molar-refractivity contribution in [3.05, 3.63) is 58.3 Å². The minimum absolute atomic E-state index is 0.0401. The van der Waals surface area contributed by atoms with E-state index in [0.717, 1.165) is 25.1 Å². The Hall–Kier alpha value is -1.29. The number of benzene rings is 1. The van der Waals surface area contributed by atoms with E-state index in [1.165, 1.54) is 0 Å². The zero-order chi connectivity index (χ0) is 14.7. The minimum Gasteiger partial charge on any atom is -0.482 e. The number of nitrogens with zero attached hydrogens (tertiary/aromatic N) is 1. The molecule has 1 fully saturated rings. The summed E-state index contributed by atoms with van der Waals surface area (Å²) in [7, 11) is 0. The third-order valence-corrected chi connectivity index (χ3v) is 4.17. The predicted octanol–water partition coefficient (Wildman–Crippen LogP) is 4.12. The highest BCUT2D eigenvalue weighted by Gasteiger charge is 2.28. The van der Waals surface area contributed by atoms with E-state index in [4.69, 9.17) is 27.9 Å². The highest BCUT2D eigenvalue weighted by atomic mass is 35.5. The molecule has 2 aromatic rings. The van der Waals surface area contributed by atoms with Crippen LogP contribution < -0.4 is 10.1 Å². The van der Waals surface area contributed by atoms with Crippen molar-refractivity contribution >= 4 is 23.2 Å². The molecule has 0 bridgehead atoms. The molecule has 1 N–H and O–H groups in total. The van der Waals surface area contributed by atoms with Gasteiger partial charge in [0.15, 0.2) is 10.9 Å². The van der Waals surface area contributed by atoms with Crippen LogP contribution in [0.2, 0.25) is 10.3 Å². The van der Waals surface area contributed by atoms with Crippen molar-refractivity contribution in [1.29, 1.82) is 0 Å². The van der Waals surface area contributed by atoms with Gasteiger partial charge in [-0.1, -0.05) is 53.5 Å². The number of hydrogen-bond donors (Lipinski definition) is 1. The molecule has 1 aliphatic rings. The largest absolute Gasteiger partial charge is 0.482 e. The Morgan fingerprint density at radius 1 is 1.14 bits per heavy atom. The second kappa shape index (κ2) is 6.65. The molecule has 0 spiro atoms. The number of rotatable bonds is 4. The third kappa shape index (κ3) is 3.49. The molecule has 1 aromatic carbocycles. The third-order valence-electron chi connectivity index (χ3n) is 3.69. The fraction of sp³-hybridized carbons (Fsp3) is 0.312. The van der Waals surface area contributed by atoms with Gasteiger partial charge < -0.3 is 10.1 Å². The van der Waals surface area contributed by atoms with Gasteiger partial charge in [0.25, 0.3) is 0 Å². The summed E-state index contributed by atoms with van der Waals surface area (Å²) in [4.78, 5) is 4.04. The van der Waals surface area contributed by atoms with Crippen LogP contribution in [0.5, 0.6) is 5.75 Å². The molecule has 21 heavy (non-hydrogen) atoms. The van der Waals surface area contributed by atoms with Crippen molar-refractivity contribution in [2.75, 3.05) is 13.1 Å². The second-order valence-corrected chi connectivity index (χ2v) is 5.87. The van der Waals surface area contributed by atoms with Gasteiger partial charge in [-0.3, -0.25) is 0 Å². The lowest BCUT2D eigenvalue weighted by atomic mass is 9.95. The lowest BCUT2D eigenvalue weighted by Crippen LogP contribution is -2.21. The average Bonchev–Trinajstić information content (AvgIpc) is 3.01. The molecule has 2 unspecified atom stereocenters. The Labute approximate surface area is 134 Å². The highest BCUT2D eigenvalue weighted by molar-refractivity contribution is 6.33. The summed E-state index contributed by atoms with van der Waals surface area (Å²) in [5, 5.41) is 4.05. The molecule has 110 valence electrons.